The van der Waals surface area contributed by atoms with E-state index < -0.39 is 11.4 Å². The number of aryl methyl sites for hydroxylation is 2. The van der Waals surface area contributed by atoms with Crippen molar-refractivity contribution in [1.82, 2.24) is 14.9 Å². The molecule has 1 amide bonds. The van der Waals surface area contributed by atoms with Gasteiger partial charge >= 0.3 is 0 Å². The molecule has 3 aromatic rings. The quantitative estimate of drug-likeness (QED) is 0.579. The van der Waals surface area contributed by atoms with E-state index in [2.05, 4.69) is 10.3 Å². The first-order valence-electron chi connectivity index (χ1n) is 8.53. The van der Waals surface area contributed by atoms with Crippen LogP contribution in [-0.4, -0.2) is 44.4 Å². The number of nitrogens with one attached hydrogen (secondary N) is 1. The minimum Gasteiger partial charge on any atom is -0.486 e. The van der Waals surface area contributed by atoms with Gasteiger partial charge in [-0.25, -0.2) is 4.98 Å². The van der Waals surface area contributed by atoms with Gasteiger partial charge in [-0.15, -0.1) is 0 Å². The zero-order valence-corrected chi connectivity index (χ0v) is 15.5. The number of furan rings is 1. The molecule has 8 heteroatoms. The number of ether oxygens (including phenoxy) is 1. The topological polar surface area (TPSA) is 110 Å². The summed E-state index contributed by atoms with van der Waals surface area (Å²) in [6, 6.07) is 5.24. The summed E-state index contributed by atoms with van der Waals surface area (Å²) in [5.41, 5.74) is -0.225. The molecular weight excluding hydrogens is 350 g/mol. The predicted octanol–water partition coefficient (Wildman–Crippen LogP) is 1.53. The SMILES string of the molecule is Cc1oc2ccc(OCc3nccn3C)cc2c1C(=O)NC(C)(CO)CO. The van der Waals surface area contributed by atoms with Crippen LogP contribution in [0.25, 0.3) is 11.0 Å². The van der Waals surface area contributed by atoms with E-state index in [1.165, 1.54) is 0 Å². The average Bonchev–Trinajstić information content (AvgIpc) is 3.21. The second kappa shape index (κ2) is 7.42. The first-order valence-corrected chi connectivity index (χ1v) is 8.53. The molecule has 1 aromatic carbocycles. The van der Waals surface area contributed by atoms with E-state index in [1.54, 1.807) is 38.2 Å². The number of aliphatic hydroxyl groups excluding tert-OH is 2. The number of rotatable bonds is 7. The van der Waals surface area contributed by atoms with Crippen molar-refractivity contribution in [1.29, 1.82) is 0 Å². The molecule has 8 nitrogen and oxygen atoms in total. The van der Waals surface area contributed by atoms with Gasteiger partial charge in [0.25, 0.3) is 5.91 Å². The molecule has 0 bridgehead atoms. The highest BCUT2D eigenvalue weighted by Crippen LogP contribution is 2.29. The van der Waals surface area contributed by atoms with Crippen LogP contribution in [0, 0.1) is 6.92 Å². The van der Waals surface area contributed by atoms with Crippen LogP contribution in [-0.2, 0) is 13.7 Å². The summed E-state index contributed by atoms with van der Waals surface area (Å²) in [5, 5.41) is 22.1. The van der Waals surface area contributed by atoms with Crippen molar-refractivity contribution in [3.63, 3.8) is 0 Å². The molecule has 0 saturated carbocycles. The zero-order chi connectivity index (χ0) is 19.6. The molecule has 0 aliphatic carbocycles. The molecule has 2 heterocycles. The lowest BCUT2D eigenvalue weighted by atomic mass is 10.0. The first-order chi connectivity index (χ1) is 12.9. The monoisotopic (exact) mass is 373 g/mol. The number of hydrogen-bond acceptors (Lipinski definition) is 6. The van der Waals surface area contributed by atoms with E-state index >= 15 is 0 Å². The Hall–Kier alpha value is -2.84. The summed E-state index contributed by atoms with van der Waals surface area (Å²) in [7, 11) is 1.89. The maximum atomic E-state index is 12.7. The highest BCUT2D eigenvalue weighted by Gasteiger charge is 2.28. The van der Waals surface area contributed by atoms with Gasteiger partial charge in [0.2, 0.25) is 0 Å². The third-order valence-electron chi connectivity index (χ3n) is 4.46. The van der Waals surface area contributed by atoms with Crippen molar-refractivity contribution in [2.75, 3.05) is 13.2 Å². The molecular formula is C19H23N3O5. The molecule has 2 aromatic heterocycles. The number of nitrogens with zero attached hydrogens (tertiary/aromatic N) is 2. The maximum absolute atomic E-state index is 12.7. The summed E-state index contributed by atoms with van der Waals surface area (Å²) >= 11 is 0. The number of carbonyl (C=O) groups excluding carboxylic acids is 1. The second-order valence-corrected chi connectivity index (χ2v) is 6.77. The van der Waals surface area contributed by atoms with Crippen molar-refractivity contribution in [2.45, 2.75) is 26.0 Å². The molecule has 144 valence electrons. The molecule has 0 aliphatic rings. The van der Waals surface area contributed by atoms with Crippen molar-refractivity contribution in [3.05, 3.63) is 47.7 Å². The summed E-state index contributed by atoms with van der Waals surface area (Å²) in [6.45, 7) is 2.77. The van der Waals surface area contributed by atoms with E-state index in [9.17, 15) is 15.0 Å². The van der Waals surface area contributed by atoms with Crippen LogP contribution in [0.5, 0.6) is 5.75 Å². The summed E-state index contributed by atoms with van der Waals surface area (Å²) in [6.07, 6.45) is 3.53. The molecule has 3 N–H and O–H groups in total. The number of imidazole rings is 1. The molecule has 0 radical (unpaired) electrons. The van der Waals surface area contributed by atoms with Gasteiger partial charge in [-0.2, -0.15) is 0 Å². The van der Waals surface area contributed by atoms with E-state index in [-0.39, 0.29) is 13.2 Å². The van der Waals surface area contributed by atoms with Gasteiger partial charge in [-0.1, -0.05) is 0 Å². The molecule has 0 saturated heterocycles. The fourth-order valence-electron chi connectivity index (χ4n) is 2.72. The number of benzene rings is 1. The molecule has 0 atom stereocenters. The fraction of sp³-hybridized carbons (Fsp3) is 0.368. The Morgan fingerprint density at radius 3 is 2.74 bits per heavy atom. The van der Waals surface area contributed by atoms with Gasteiger partial charge in [0.15, 0.2) is 0 Å². The Bertz CT molecular complexity index is 956. The average molecular weight is 373 g/mol. The number of hydrogen-bond donors (Lipinski definition) is 3. The molecule has 27 heavy (non-hydrogen) atoms. The highest BCUT2D eigenvalue weighted by molar-refractivity contribution is 6.07. The highest BCUT2D eigenvalue weighted by atomic mass is 16.5. The Labute approximate surface area is 156 Å². The van der Waals surface area contributed by atoms with Gasteiger partial charge in [-0.3, -0.25) is 4.79 Å². The van der Waals surface area contributed by atoms with E-state index in [0.717, 1.165) is 5.82 Å². The summed E-state index contributed by atoms with van der Waals surface area (Å²) in [5.74, 6) is 1.37. The van der Waals surface area contributed by atoms with Crippen LogP contribution in [0.2, 0.25) is 0 Å². The predicted molar refractivity (Wildman–Crippen MR) is 98.5 cm³/mol. The number of fused-ring (bicyclic) bond motifs is 1. The Balaban J connectivity index is 1.88. The van der Waals surface area contributed by atoms with Crippen molar-refractivity contribution < 1.29 is 24.2 Å². The van der Waals surface area contributed by atoms with Crippen molar-refractivity contribution in [2.24, 2.45) is 7.05 Å². The minimum atomic E-state index is -1.13. The van der Waals surface area contributed by atoms with E-state index in [0.29, 0.717) is 34.6 Å². The number of aromatic nitrogens is 2. The number of aliphatic hydroxyl groups is 2. The normalized spacial score (nSPS) is 11.7. The standard InChI is InChI=1S/C19H23N3O5/c1-12-17(18(25)21-19(2,10-23)11-24)14-8-13(4-5-15(14)27-12)26-9-16-20-6-7-22(16)3/h4-8,23-24H,9-11H2,1-3H3,(H,21,25). The van der Waals surface area contributed by atoms with Crippen LogP contribution in [0.15, 0.2) is 35.0 Å². The van der Waals surface area contributed by atoms with Crippen molar-refractivity contribution in [3.8, 4) is 5.75 Å². The largest absolute Gasteiger partial charge is 0.486 e. The van der Waals surface area contributed by atoms with E-state index in [4.69, 9.17) is 9.15 Å². The van der Waals surface area contributed by atoms with Crippen LogP contribution < -0.4 is 10.1 Å². The third-order valence-corrected chi connectivity index (χ3v) is 4.46. The Kier molecular flexibility index (Phi) is 5.20. The molecule has 0 spiro atoms. The maximum Gasteiger partial charge on any atom is 0.256 e. The number of amides is 1. The van der Waals surface area contributed by atoms with Crippen LogP contribution >= 0.6 is 0 Å². The lowest BCUT2D eigenvalue weighted by molar-refractivity contribution is 0.0723. The van der Waals surface area contributed by atoms with Crippen LogP contribution in [0.4, 0.5) is 0 Å². The minimum absolute atomic E-state index is 0.292. The smallest absolute Gasteiger partial charge is 0.256 e. The number of carbonyl (C=O) groups is 1. The lowest BCUT2D eigenvalue weighted by Crippen LogP contribution is -2.51. The van der Waals surface area contributed by atoms with Gasteiger partial charge in [-0.05, 0) is 32.0 Å². The summed E-state index contributed by atoms with van der Waals surface area (Å²) < 4.78 is 13.3. The third kappa shape index (κ3) is 3.81. The van der Waals surface area contributed by atoms with E-state index in [1.807, 2.05) is 17.8 Å². The van der Waals surface area contributed by atoms with Crippen LogP contribution in [0.1, 0.15) is 28.9 Å². The lowest BCUT2D eigenvalue weighted by Gasteiger charge is -2.26. The molecule has 0 aliphatic heterocycles. The molecule has 0 unspecified atom stereocenters. The zero-order valence-electron chi connectivity index (χ0n) is 15.5. The van der Waals surface area contributed by atoms with Gasteiger partial charge in [0.05, 0.1) is 24.3 Å². The Morgan fingerprint density at radius 1 is 1.37 bits per heavy atom. The van der Waals surface area contributed by atoms with Crippen molar-refractivity contribution >= 4 is 16.9 Å². The second-order valence-electron chi connectivity index (χ2n) is 6.77. The van der Waals surface area contributed by atoms with Gasteiger partial charge < -0.3 is 29.3 Å². The molecule has 0 fully saturated rings. The summed E-state index contributed by atoms with van der Waals surface area (Å²) in [4.78, 5) is 16.9. The van der Waals surface area contributed by atoms with Gasteiger partial charge in [0.1, 0.15) is 29.5 Å². The Morgan fingerprint density at radius 2 is 2.11 bits per heavy atom. The molecule has 3 rings (SSSR count). The fourth-order valence-corrected chi connectivity index (χ4v) is 2.72. The van der Waals surface area contributed by atoms with Crippen LogP contribution in [0.3, 0.4) is 0 Å². The first kappa shape index (κ1) is 18.9. The van der Waals surface area contributed by atoms with Gasteiger partial charge in [0, 0.05) is 24.8 Å².